The zero-order chi connectivity index (χ0) is 11.8. The smallest absolute Gasteiger partial charge is 0.114 e. The van der Waals surface area contributed by atoms with Crippen LogP contribution in [0.15, 0.2) is 6.20 Å². The zero-order valence-corrected chi connectivity index (χ0v) is 9.93. The van der Waals surface area contributed by atoms with Crippen LogP contribution in [0.3, 0.4) is 0 Å². The first-order valence-electron chi connectivity index (χ1n) is 5.89. The highest BCUT2D eigenvalue weighted by molar-refractivity contribution is 5.04. The Morgan fingerprint density at radius 1 is 1.44 bits per heavy atom. The maximum Gasteiger partial charge on any atom is 0.114 e. The summed E-state index contributed by atoms with van der Waals surface area (Å²) in [5, 5.41) is 17.9. The van der Waals surface area contributed by atoms with Gasteiger partial charge in [-0.05, 0) is 26.7 Å². The molecule has 0 radical (unpaired) electrons. The van der Waals surface area contributed by atoms with E-state index in [0.29, 0.717) is 5.69 Å². The summed E-state index contributed by atoms with van der Waals surface area (Å²) in [6.07, 6.45) is 6.30. The molecule has 90 valence electrons. The average Bonchev–Trinajstić information content (AvgIpc) is 2.66. The first-order chi connectivity index (χ1) is 7.48. The Labute approximate surface area is 95.6 Å². The number of nitrogens with zero attached hydrogens (tertiary/aromatic N) is 3. The number of aromatic nitrogens is 3. The van der Waals surface area contributed by atoms with Crippen LogP contribution in [0.4, 0.5) is 0 Å². The summed E-state index contributed by atoms with van der Waals surface area (Å²) in [5.41, 5.74) is 5.75. The Morgan fingerprint density at radius 2 is 2.12 bits per heavy atom. The van der Waals surface area contributed by atoms with E-state index in [9.17, 15) is 5.11 Å². The highest BCUT2D eigenvalue weighted by atomic mass is 16.3. The Bertz CT molecular complexity index is 355. The van der Waals surface area contributed by atoms with Crippen LogP contribution >= 0.6 is 0 Å². The second-order valence-corrected chi connectivity index (χ2v) is 5.16. The molecule has 0 aliphatic heterocycles. The van der Waals surface area contributed by atoms with E-state index in [0.717, 1.165) is 12.8 Å². The number of aliphatic hydroxyl groups is 1. The fraction of sp³-hybridized carbons (Fsp3) is 0.818. The Hall–Kier alpha value is -0.940. The monoisotopic (exact) mass is 224 g/mol. The van der Waals surface area contributed by atoms with E-state index in [1.54, 1.807) is 13.8 Å². The molecule has 1 fully saturated rings. The lowest BCUT2D eigenvalue weighted by Crippen LogP contribution is -2.35. The average molecular weight is 224 g/mol. The molecule has 2 atom stereocenters. The van der Waals surface area contributed by atoms with Gasteiger partial charge >= 0.3 is 0 Å². The molecule has 2 rings (SSSR count). The third kappa shape index (κ3) is 2.25. The van der Waals surface area contributed by atoms with E-state index in [2.05, 4.69) is 10.3 Å². The van der Waals surface area contributed by atoms with Crippen LogP contribution in [0.5, 0.6) is 0 Å². The van der Waals surface area contributed by atoms with Crippen LogP contribution in [0.1, 0.15) is 51.3 Å². The van der Waals surface area contributed by atoms with Crippen molar-refractivity contribution in [3.8, 4) is 0 Å². The fourth-order valence-corrected chi connectivity index (χ4v) is 2.19. The van der Waals surface area contributed by atoms with Crippen molar-refractivity contribution in [2.75, 3.05) is 0 Å². The minimum atomic E-state index is -0.934. The van der Waals surface area contributed by atoms with Crippen LogP contribution < -0.4 is 5.73 Å². The zero-order valence-electron chi connectivity index (χ0n) is 9.93. The lowest BCUT2D eigenvalue weighted by molar-refractivity contribution is 0.0737. The summed E-state index contributed by atoms with van der Waals surface area (Å²) >= 11 is 0. The molecule has 0 amide bonds. The lowest BCUT2D eigenvalue weighted by Gasteiger charge is -2.28. The van der Waals surface area contributed by atoms with Crippen molar-refractivity contribution in [2.45, 2.75) is 57.2 Å². The predicted molar refractivity (Wildman–Crippen MR) is 60.7 cm³/mol. The molecule has 1 saturated carbocycles. The first-order valence-corrected chi connectivity index (χ1v) is 5.89. The van der Waals surface area contributed by atoms with Crippen molar-refractivity contribution < 1.29 is 5.11 Å². The summed E-state index contributed by atoms with van der Waals surface area (Å²) in [6.45, 7) is 3.42. The van der Waals surface area contributed by atoms with Crippen LogP contribution in [0.25, 0.3) is 0 Å². The molecule has 1 aliphatic rings. The van der Waals surface area contributed by atoms with Gasteiger partial charge in [0.15, 0.2) is 0 Å². The molecule has 1 aromatic rings. The summed E-state index contributed by atoms with van der Waals surface area (Å²) < 4.78 is 1.82. The normalized spacial score (nSPS) is 27.0. The maximum absolute atomic E-state index is 9.82. The van der Waals surface area contributed by atoms with Gasteiger partial charge in [-0.3, -0.25) is 0 Å². The Balaban J connectivity index is 2.18. The van der Waals surface area contributed by atoms with Gasteiger partial charge < -0.3 is 10.8 Å². The molecule has 3 N–H and O–H groups in total. The van der Waals surface area contributed by atoms with Crippen molar-refractivity contribution >= 4 is 0 Å². The number of hydrogen-bond acceptors (Lipinski definition) is 4. The van der Waals surface area contributed by atoms with Crippen molar-refractivity contribution in [2.24, 2.45) is 5.73 Å². The van der Waals surface area contributed by atoms with Crippen molar-refractivity contribution in [3.05, 3.63) is 11.9 Å². The highest BCUT2D eigenvalue weighted by Crippen LogP contribution is 2.27. The van der Waals surface area contributed by atoms with Gasteiger partial charge in [-0.2, -0.15) is 0 Å². The SMILES string of the molecule is CC(C)(O)c1cn([C@@H]2CCCC[C@@H]2N)nn1. The van der Waals surface area contributed by atoms with Gasteiger partial charge in [0.2, 0.25) is 0 Å². The van der Waals surface area contributed by atoms with E-state index in [1.807, 2.05) is 10.9 Å². The van der Waals surface area contributed by atoms with Crippen LogP contribution in [0.2, 0.25) is 0 Å². The number of nitrogens with two attached hydrogens (primary N) is 1. The second kappa shape index (κ2) is 4.14. The quantitative estimate of drug-likeness (QED) is 0.784. The number of hydrogen-bond donors (Lipinski definition) is 2. The molecule has 16 heavy (non-hydrogen) atoms. The molecule has 5 nitrogen and oxygen atoms in total. The Kier molecular flexibility index (Phi) is 2.99. The van der Waals surface area contributed by atoms with E-state index < -0.39 is 5.60 Å². The standard InChI is InChI=1S/C11H20N4O/c1-11(2,16)10-7-15(14-13-10)9-6-4-3-5-8(9)12/h7-9,16H,3-6,12H2,1-2H3/t8-,9+/m0/s1. The largest absolute Gasteiger partial charge is 0.384 e. The summed E-state index contributed by atoms with van der Waals surface area (Å²) in [7, 11) is 0. The third-order valence-electron chi connectivity index (χ3n) is 3.26. The molecule has 0 bridgehead atoms. The molecular weight excluding hydrogens is 204 g/mol. The van der Waals surface area contributed by atoms with Crippen molar-refractivity contribution in [3.63, 3.8) is 0 Å². The molecule has 0 saturated heterocycles. The first kappa shape index (κ1) is 11.5. The highest BCUT2D eigenvalue weighted by Gasteiger charge is 2.27. The lowest BCUT2D eigenvalue weighted by atomic mass is 9.91. The van der Waals surface area contributed by atoms with Crippen molar-refractivity contribution in [1.82, 2.24) is 15.0 Å². The van der Waals surface area contributed by atoms with E-state index >= 15 is 0 Å². The summed E-state index contributed by atoms with van der Waals surface area (Å²) in [4.78, 5) is 0. The minimum absolute atomic E-state index is 0.158. The molecule has 0 unspecified atom stereocenters. The van der Waals surface area contributed by atoms with Gasteiger partial charge in [-0.25, -0.2) is 4.68 Å². The molecule has 0 spiro atoms. The van der Waals surface area contributed by atoms with E-state index in [1.165, 1.54) is 12.8 Å². The van der Waals surface area contributed by atoms with Gasteiger partial charge in [0.25, 0.3) is 0 Å². The maximum atomic E-state index is 9.82. The molecule has 1 heterocycles. The fourth-order valence-electron chi connectivity index (χ4n) is 2.19. The molecule has 1 aromatic heterocycles. The number of rotatable bonds is 2. The van der Waals surface area contributed by atoms with Crippen LogP contribution in [-0.2, 0) is 5.60 Å². The topological polar surface area (TPSA) is 77.0 Å². The third-order valence-corrected chi connectivity index (χ3v) is 3.26. The minimum Gasteiger partial charge on any atom is -0.384 e. The van der Waals surface area contributed by atoms with Gasteiger partial charge in [0.1, 0.15) is 11.3 Å². The summed E-state index contributed by atoms with van der Waals surface area (Å²) in [6, 6.07) is 0.391. The molecule has 1 aliphatic carbocycles. The van der Waals surface area contributed by atoms with Gasteiger partial charge in [-0.15, -0.1) is 5.10 Å². The van der Waals surface area contributed by atoms with Gasteiger partial charge in [0.05, 0.1) is 12.2 Å². The van der Waals surface area contributed by atoms with Crippen molar-refractivity contribution in [1.29, 1.82) is 0 Å². The second-order valence-electron chi connectivity index (χ2n) is 5.16. The molecule has 0 aromatic carbocycles. The van der Waals surface area contributed by atoms with E-state index in [4.69, 9.17) is 5.73 Å². The van der Waals surface area contributed by atoms with Gasteiger partial charge in [0, 0.05) is 6.04 Å². The van der Waals surface area contributed by atoms with Crippen LogP contribution in [-0.4, -0.2) is 26.1 Å². The van der Waals surface area contributed by atoms with E-state index in [-0.39, 0.29) is 12.1 Å². The molecule has 5 heteroatoms. The van der Waals surface area contributed by atoms with Gasteiger partial charge in [-0.1, -0.05) is 18.1 Å². The predicted octanol–water partition coefficient (Wildman–Crippen LogP) is 0.948. The summed E-state index contributed by atoms with van der Waals surface area (Å²) in [5.74, 6) is 0. The molecular formula is C11H20N4O. The Morgan fingerprint density at radius 3 is 2.69 bits per heavy atom. The van der Waals surface area contributed by atoms with Crippen LogP contribution in [0, 0.1) is 0 Å².